The third-order valence-corrected chi connectivity index (χ3v) is 5.00. The average molecular weight is 399 g/mol. The standard InChI is InChI=1S/C24H31FN2O2/c1-4-9-23(28)27(17-20-12-14-21(25)15-13-20)22(24(29)26-18(3)5-2)16-19-10-7-6-8-11-19/h6-8,10-15,18,22H,4-5,9,16-17H2,1-3H3,(H,26,29)/t18-,22-/m0/s1. The summed E-state index contributed by atoms with van der Waals surface area (Å²) in [7, 11) is 0. The van der Waals surface area contributed by atoms with Gasteiger partial charge in [0.1, 0.15) is 11.9 Å². The molecule has 1 N–H and O–H groups in total. The summed E-state index contributed by atoms with van der Waals surface area (Å²) in [6, 6.07) is 15.2. The molecule has 0 fully saturated rings. The summed E-state index contributed by atoms with van der Waals surface area (Å²) >= 11 is 0. The number of nitrogens with zero attached hydrogens (tertiary/aromatic N) is 1. The van der Waals surface area contributed by atoms with Crippen LogP contribution in [0.4, 0.5) is 4.39 Å². The summed E-state index contributed by atoms with van der Waals surface area (Å²) in [5, 5.41) is 3.03. The van der Waals surface area contributed by atoms with Crippen molar-refractivity contribution in [3.05, 3.63) is 71.5 Å². The van der Waals surface area contributed by atoms with Crippen molar-refractivity contribution >= 4 is 11.8 Å². The van der Waals surface area contributed by atoms with Crippen molar-refractivity contribution in [3.8, 4) is 0 Å². The van der Waals surface area contributed by atoms with Crippen LogP contribution in [0.2, 0.25) is 0 Å². The molecule has 0 bridgehead atoms. The number of amides is 2. The molecule has 29 heavy (non-hydrogen) atoms. The second-order valence-corrected chi connectivity index (χ2v) is 7.42. The van der Waals surface area contributed by atoms with Crippen LogP contribution in [0.25, 0.3) is 0 Å². The second-order valence-electron chi connectivity index (χ2n) is 7.42. The van der Waals surface area contributed by atoms with Crippen molar-refractivity contribution in [1.29, 1.82) is 0 Å². The van der Waals surface area contributed by atoms with Crippen LogP contribution < -0.4 is 5.32 Å². The lowest BCUT2D eigenvalue weighted by Gasteiger charge is -2.32. The van der Waals surface area contributed by atoms with E-state index in [0.29, 0.717) is 19.3 Å². The van der Waals surface area contributed by atoms with E-state index in [2.05, 4.69) is 5.32 Å². The van der Waals surface area contributed by atoms with E-state index in [1.807, 2.05) is 51.1 Å². The summed E-state index contributed by atoms with van der Waals surface area (Å²) in [4.78, 5) is 27.8. The topological polar surface area (TPSA) is 49.4 Å². The Kier molecular flexibility index (Phi) is 8.84. The molecular formula is C24H31FN2O2. The van der Waals surface area contributed by atoms with E-state index >= 15 is 0 Å². The molecule has 2 aromatic rings. The molecule has 4 nitrogen and oxygen atoms in total. The highest BCUT2D eigenvalue weighted by Crippen LogP contribution is 2.17. The maximum atomic E-state index is 13.3. The Bertz CT molecular complexity index is 777. The molecule has 0 unspecified atom stereocenters. The minimum atomic E-state index is -0.629. The van der Waals surface area contributed by atoms with Gasteiger partial charge in [0.05, 0.1) is 0 Å². The van der Waals surface area contributed by atoms with Gasteiger partial charge in [0, 0.05) is 25.4 Å². The highest BCUT2D eigenvalue weighted by Gasteiger charge is 2.30. The lowest BCUT2D eigenvalue weighted by atomic mass is 10.0. The zero-order valence-electron chi connectivity index (χ0n) is 17.5. The van der Waals surface area contributed by atoms with Crippen LogP contribution in [-0.4, -0.2) is 28.8 Å². The number of benzene rings is 2. The lowest BCUT2D eigenvalue weighted by Crippen LogP contribution is -2.52. The van der Waals surface area contributed by atoms with E-state index in [4.69, 9.17) is 0 Å². The van der Waals surface area contributed by atoms with Gasteiger partial charge in [-0.3, -0.25) is 9.59 Å². The minimum absolute atomic E-state index is 0.0229. The Morgan fingerprint density at radius 1 is 1.00 bits per heavy atom. The average Bonchev–Trinajstić information content (AvgIpc) is 2.72. The van der Waals surface area contributed by atoms with E-state index in [1.165, 1.54) is 12.1 Å². The third kappa shape index (κ3) is 7.00. The van der Waals surface area contributed by atoms with E-state index in [9.17, 15) is 14.0 Å². The fourth-order valence-electron chi connectivity index (χ4n) is 3.14. The first-order valence-corrected chi connectivity index (χ1v) is 10.3. The van der Waals surface area contributed by atoms with Gasteiger partial charge in [0.25, 0.3) is 0 Å². The van der Waals surface area contributed by atoms with Crippen LogP contribution in [0.3, 0.4) is 0 Å². The van der Waals surface area contributed by atoms with Crippen LogP contribution in [-0.2, 0) is 22.6 Å². The smallest absolute Gasteiger partial charge is 0.243 e. The molecule has 0 saturated carbocycles. The largest absolute Gasteiger partial charge is 0.352 e. The van der Waals surface area contributed by atoms with Gasteiger partial charge in [-0.2, -0.15) is 0 Å². The van der Waals surface area contributed by atoms with Gasteiger partial charge in [0.15, 0.2) is 0 Å². The number of hydrogen-bond acceptors (Lipinski definition) is 2. The summed E-state index contributed by atoms with van der Waals surface area (Å²) in [6.45, 7) is 6.18. The molecular weight excluding hydrogens is 367 g/mol. The minimum Gasteiger partial charge on any atom is -0.352 e. The molecule has 0 spiro atoms. The first kappa shape index (κ1) is 22.6. The van der Waals surface area contributed by atoms with Gasteiger partial charge in [-0.25, -0.2) is 4.39 Å². The number of hydrogen-bond donors (Lipinski definition) is 1. The summed E-state index contributed by atoms with van der Waals surface area (Å²) in [5.74, 6) is -0.553. The van der Waals surface area contributed by atoms with Gasteiger partial charge in [-0.05, 0) is 43.0 Å². The number of carbonyl (C=O) groups excluding carboxylic acids is 2. The SMILES string of the molecule is CCCC(=O)N(Cc1ccc(F)cc1)[C@@H](Cc1ccccc1)C(=O)N[C@@H](C)CC. The van der Waals surface area contributed by atoms with Crippen LogP contribution >= 0.6 is 0 Å². The Morgan fingerprint density at radius 2 is 1.66 bits per heavy atom. The first-order valence-electron chi connectivity index (χ1n) is 10.3. The highest BCUT2D eigenvalue weighted by molar-refractivity contribution is 5.88. The van der Waals surface area contributed by atoms with E-state index in [1.54, 1.807) is 17.0 Å². The molecule has 2 amide bonds. The summed E-state index contributed by atoms with van der Waals surface area (Å²) in [5.41, 5.74) is 1.79. The normalized spacial score (nSPS) is 12.8. The number of rotatable bonds is 10. The molecule has 156 valence electrons. The van der Waals surface area contributed by atoms with Crippen LogP contribution in [0.5, 0.6) is 0 Å². The van der Waals surface area contributed by atoms with E-state index in [-0.39, 0.29) is 30.2 Å². The zero-order chi connectivity index (χ0) is 21.2. The Morgan fingerprint density at radius 3 is 2.24 bits per heavy atom. The van der Waals surface area contributed by atoms with Crippen LogP contribution in [0, 0.1) is 5.82 Å². The second kappa shape index (κ2) is 11.3. The molecule has 0 aliphatic heterocycles. The highest BCUT2D eigenvalue weighted by atomic mass is 19.1. The fraction of sp³-hybridized carbons (Fsp3) is 0.417. The molecule has 0 saturated heterocycles. The molecule has 2 aromatic carbocycles. The number of halogens is 1. The zero-order valence-corrected chi connectivity index (χ0v) is 17.5. The maximum absolute atomic E-state index is 13.3. The van der Waals surface area contributed by atoms with Crippen molar-refractivity contribution in [2.24, 2.45) is 0 Å². The van der Waals surface area contributed by atoms with Crippen LogP contribution in [0.1, 0.15) is 51.2 Å². The molecule has 0 radical (unpaired) electrons. The van der Waals surface area contributed by atoms with Gasteiger partial charge in [-0.1, -0.05) is 56.3 Å². The van der Waals surface area contributed by atoms with Crippen molar-refractivity contribution < 1.29 is 14.0 Å². The van der Waals surface area contributed by atoms with Gasteiger partial charge >= 0.3 is 0 Å². The predicted molar refractivity (Wildman–Crippen MR) is 114 cm³/mol. The summed E-state index contributed by atoms with van der Waals surface area (Å²) in [6.07, 6.45) is 2.30. The van der Waals surface area contributed by atoms with E-state index in [0.717, 1.165) is 17.5 Å². The van der Waals surface area contributed by atoms with Crippen molar-refractivity contribution in [3.63, 3.8) is 0 Å². The van der Waals surface area contributed by atoms with Crippen molar-refractivity contribution in [2.45, 2.75) is 65.1 Å². The Balaban J connectivity index is 2.35. The van der Waals surface area contributed by atoms with Gasteiger partial charge in [-0.15, -0.1) is 0 Å². The quantitative estimate of drug-likeness (QED) is 0.641. The van der Waals surface area contributed by atoms with Crippen LogP contribution in [0.15, 0.2) is 54.6 Å². The maximum Gasteiger partial charge on any atom is 0.243 e. The Hall–Kier alpha value is -2.69. The number of nitrogens with one attached hydrogen (secondary N) is 1. The lowest BCUT2D eigenvalue weighted by molar-refractivity contribution is -0.141. The predicted octanol–water partition coefficient (Wildman–Crippen LogP) is 4.48. The third-order valence-electron chi connectivity index (χ3n) is 5.00. The molecule has 0 aliphatic carbocycles. The molecule has 2 rings (SSSR count). The molecule has 0 aromatic heterocycles. The first-order chi connectivity index (χ1) is 13.9. The monoisotopic (exact) mass is 398 g/mol. The van der Waals surface area contributed by atoms with Gasteiger partial charge in [0.2, 0.25) is 11.8 Å². The number of carbonyl (C=O) groups is 2. The van der Waals surface area contributed by atoms with Crippen molar-refractivity contribution in [2.75, 3.05) is 0 Å². The Labute approximate surface area is 173 Å². The molecule has 0 aliphatic rings. The molecule has 5 heteroatoms. The molecule has 2 atom stereocenters. The summed E-state index contributed by atoms with van der Waals surface area (Å²) < 4.78 is 13.3. The fourth-order valence-corrected chi connectivity index (χ4v) is 3.14. The van der Waals surface area contributed by atoms with Crippen molar-refractivity contribution in [1.82, 2.24) is 10.2 Å². The van der Waals surface area contributed by atoms with E-state index < -0.39 is 6.04 Å². The van der Waals surface area contributed by atoms with Gasteiger partial charge < -0.3 is 10.2 Å². The molecule has 0 heterocycles.